The third kappa shape index (κ3) is 2.63. The van der Waals surface area contributed by atoms with Crippen LogP contribution in [0.5, 0.6) is 0 Å². The second-order valence-corrected chi connectivity index (χ2v) is 4.67. The van der Waals surface area contributed by atoms with Gasteiger partial charge in [0.25, 0.3) is 0 Å². The lowest BCUT2D eigenvalue weighted by atomic mass is 9.74. The fourth-order valence-electron chi connectivity index (χ4n) is 2.39. The van der Waals surface area contributed by atoms with Gasteiger partial charge in [0.15, 0.2) is 0 Å². The molecule has 2 atom stereocenters. The first-order valence-electron chi connectivity index (χ1n) is 6.22. The standard InChI is InChI=1S/C14H21NO/c1-2-7-16-10-13(15)9-12-8-11-5-3-4-6-14(11)12/h3-6,12-13H,2,7-10,15H2,1H3. The van der Waals surface area contributed by atoms with Crippen molar-refractivity contribution in [3.63, 3.8) is 0 Å². The molecule has 2 nitrogen and oxygen atoms in total. The van der Waals surface area contributed by atoms with E-state index in [1.807, 2.05) is 0 Å². The van der Waals surface area contributed by atoms with Gasteiger partial charge in [0, 0.05) is 12.6 Å². The van der Waals surface area contributed by atoms with Crippen molar-refractivity contribution in [3.8, 4) is 0 Å². The number of hydrogen-bond acceptors (Lipinski definition) is 2. The van der Waals surface area contributed by atoms with Crippen LogP contribution in [0.2, 0.25) is 0 Å². The van der Waals surface area contributed by atoms with E-state index in [4.69, 9.17) is 10.5 Å². The maximum atomic E-state index is 6.06. The van der Waals surface area contributed by atoms with Crippen molar-refractivity contribution in [3.05, 3.63) is 35.4 Å². The average molecular weight is 219 g/mol. The molecule has 16 heavy (non-hydrogen) atoms. The molecule has 0 amide bonds. The largest absolute Gasteiger partial charge is 0.380 e. The van der Waals surface area contributed by atoms with Gasteiger partial charge in [-0.25, -0.2) is 0 Å². The first-order valence-corrected chi connectivity index (χ1v) is 6.22. The number of benzene rings is 1. The summed E-state index contributed by atoms with van der Waals surface area (Å²) in [5.41, 5.74) is 9.05. The van der Waals surface area contributed by atoms with Gasteiger partial charge in [-0.05, 0) is 36.3 Å². The van der Waals surface area contributed by atoms with Crippen molar-refractivity contribution in [1.82, 2.24) is 0 Å². The third-order valence-electron chi connectivity index (χ3n) is 3.23. The Morgan fingerprint density at radius 1 is 1.44 bits per heavy atom. The topological polar surface area (TPSA) is 35.2 Å². The van der Waals surface area contributed by atoms with Gasteiger partial charge in [0.05, 0.1) is 6.61 Å². The first-order chi connectivity index (χ1) is 7.81. The second kappa shape index (κ2) is 5.46. The van der Waals surface area contributed by atoms with Crippen LogP contribution in [0.15, 0.2) is 24.3 Å². The van der Waals surface area contributed by atoms with Crippen LogP contribution in [-0.4, -0.2) is 19.3 Å². The summed E-state index contributed by atoms with van der Waals surface area (Å²) in [6, 6.07) is 8.85. The predicted octanol–water partition coefficient (Wildman–Crippen LogP) is 2.47. The Hall–Kier alpha value is -0.860. The summed E-state index contributed by atoms with van der Waals surface area (Å²) >= 11 is 0. The molecule has 0 spiro atoms. The normalized spacial score (nSPS) is 20.0. The minimum Gasteiger partial charge on any atom is -0.380 e. The maximum Gasteiger partial charge on any atom is 0.0617 e. The van der Waals surface area contributed by atoms with Crippen molar-refractivity contribution in [2.45, 2.75) is 38.1 Å². The molecule has 0 heterocycles. The zero-order chi connectivity index (χ0) is 11.4. The van der Waals surface area contributed by atoms with Gasteiger partial charge in [-0.1, -0.05) is 31.2 Å². The van der Waals surface area contributed by atoms with E-state index in [9.17, 15) is 0 Å². The van der Waals surface area contributed by atoms with E-state index in [-0.39, 0.29) is 6.04 Å². The Morgan fingerprint density at radius 3 is 3.00 bits per heavy atom. The molecule has 0 fully saturated rings. The van der Waals surface area contributed by atoms with Gasteiger partial charge in [0.2, 0.25) is 0 Å². The number of ether oxygens (including phenoxy) is 1. The van der Waals surface area contributed by atoms with E-state index in [1.54, 1.807) is 0 Å². The Bertz CT molecular complexity index is 337. The SMILES string of the molecule is CCCOCC(N)CC1Cc2ccccc21. The van der Waals surface area contributed by atoms with Crippen LogP contribution in [0.25, 0.3) is 0 Å². The molecule has 1 aromatic carbocycles. The number of hydrogen-bond donors (Lipinski definition) is 1. The summed E-state index contributed by atoms with van der Waals surface area (Å²) in [5.74, 6) is 0.663. The summed E-state index contributed by atoms with van der Waals surface area (Å²) in [6.45, 7) is 3.65. The molecule has 2 heteroatoms. The average Bonchev–Trinajstić information content (AvgIpc) is 2.26. The highest BCUT2D eigenvalue weighted by atomic mass is 16.5. The molecule has 0 saturated heterocycles. The molecule has 0 radical (unpaired) electrons. The van der Waals surface area contributed by atoms with Crippen molar-refractivity contribution >= 4 is 0 Å². The summed E-state index contributed by atoms with van der Waals surface area (Å²) in [4.78, 5) is 0. The summed E-state index contributed by atoms with van der Waals surface area (Å²) in [5, 5.41) is 0. The quantitative estimate of drug-likeness (QED) is 0.746. The minimum absolute atomic E-state index is 0.185. The van der Waals surface area contributed by atoms with E-state index in [0.717, 1.165) is 19.4 Å². The Labute approximate surface area is 97.8 Å². The number of nitrogens with two attached hydrogens (primary N) is 1. The number of rotatable bonds is 6. The van der Waals surface area contributed by atoms with Gasteiger partial charge >= 0.3 is 0 Å². The third-order valence-corrected chi connectivity index (χ3v) is 3.23. The Kier molecular flexibility index (Phi) is 3.97. The maximum absolute atomic E-state index is 6.06. The van der Waals surface area contributed by atoms with Crippen LogP contribution >= 0.6 is 0 Å². The van der Waals surface area contributed by atoms with Crippen molar-refractivity contribution in [1.29, 1.82) is 0 Å². The smallest absolute Gasteiger partial charge is 0.0617 e. The van der Waals surface area contributed by atoms with Gasteiger partial charge in [-0.3, -0.25) is 0 Å². The molecule has 0 aliphatic heterocycles. The van der Waals surface area contributed by atoms with Gasteiger partial charge in [0.1, 0.15) is 0 Å². The number of fused-ring (bicyclic) bond motifs is 1. The minimum atomic E-state index is 0.185. The second-order valence-electron chi connectivity index (χ2n) is 4.67. The summed E-state index contributed by atoms with van der Waals surface area (Å²) in [6.07, 6.45) is 3.32. The van der Waals surface area contributed by atoms with Gasteiger partial charge < -0.3 is 10.5 Å². The van der Waals surface area contributed by atoms with Gasteiger partial charge in [-0.2, -0.15) is 0 Å². The highest BCUT2D eigenvalue weighted by Gasteiger charge is 2.26. The van der Waals surface area contributed by atoms with E-state index < -0.39 is 0 Å². The molecular formula is C14H21NO. The van der Waals surface area contributed by atoms with Crippen LogP contribution in [0, 0.1) is 0 Å². The Morgan fingerprint density at radius 2 is 2.25 bits per heavy atom. The molecule has 0 aromatic heterocycles. The predicted molar refractivity (Wildman–Crippen MR) is 66.6 cm³/mol. The molecule has 2 N–H and O–H groups in total. The first kappa shape index (κ1) is 11.6. The molecule has 0 saturated carbocycles. The zero-order valence-electron chi connectivity index (χ0n) is 9.99. The lowest BCUT2D eigenvalue weighted by Crippen LogP contribution is -2.31. The zero-order valence-corrected chi connectivity index (χ0v) is 9.99. The molecule has 1 aliphatic rings. The van der Waals surface area contributed by atoms with E-state index in [1.165, 1.54) is 17.5 Å². The van der Waals surface area contributed by atoms with Crippen LogP contribution in [0.1, 0.15) is 36.8 Å². The molecule has 2 rings (SSSR count). The van der Waals surface area contributed by atoms with Crippen molar-refractivity contribution in [2.24, 2.45) is 5.73 Å². The lowest BCUT2D eigenvalue weighted by molar-refractivity contribution is 0.117. The molecule has 88 valence electrons. The van der Waals surface area contributed by atoms with Crippen LogP contribution in [0.4, 0.5) is 0 Å². The molecule has 1 aliphatic carbocycles. The van der Waals surface area contributed by atoms with Crippen molar-refractivity contribution < 1.29 is 4.74 Å². The Balaban J connectivity index is 1.76. The van der Waals surface area contributed by atoms with Crippen LogP contribution in [0.3, 0.4) is 0 Å². The fourth-order valence-corrected chi connectivity index (χ4v) is 2.39. The van der Waals surface area contributed by atoms with E-state index in [0.29, 0.717) is 12.5 Å². The molecular weight excluding hydrogens is 198 g/mol. The van der Waals surface area contributed by atoms with E-state index in [2.05, 4.69) is 31.2 Å². The van der Waals surface area contributed by atoms with Crippen LogP contribution in [-0.2, 0) is 11.2 Å². The lowest BCUT2D eigenvalue weighted by Gasteiger charge is -2.32. The molecule has 2 unspecified atom stereocenters. The van der Waals surface area contributed by atoms with Crippen LogP contribution < -0.4 is 5.73 Å². The van der Waals surface area contributed by atoms with Crippen molar-refractivity contribution in [2.75, 3.05) is 13.2 Å². The summed E-state index contributed by atoms with van der Waals surface area (Å²) < 4.78 is 5.48. The summed E-state index contributed by atoms with van der Waals surface area (Å²) in [7, 11) is 0. The monoisotopic (exact) mass is 219 g/mol. The molecule has 0 bridgehead atoms. The highest BCUT2D eigenvalue weighted by Crippen LogP contribution is 2.37. The highest BCUT2D eigenvalue weighted by molar-refractivity contribution is 5.39. The van der Waals surface area contributed by atoms with E-state index >= 15 is 0 Å². The van der Waals surface area contributed by atoms with Gasteiger partial charge in [-0.15, -0.1) is 0 Å². The molecule has 1 aromatic rings. The fraction of sp³-hybridized carbons (Fsp3) is 0.571.